The molecule has 21 heavy (non-hydrogen) atoms. The Hall–Kier alpha value is -0.150. The van der Waals surface area contributed by atoms with E-state index in [4.69, 9.17) is 9.47 Å². The summed E-state index contributed by atoms with van der Waals surface area (Å²) in [5.41, 5.74) is 0. The van der Waals surface area contributed by atoms with Crippen LogP contribution in [0.2, 0.25) is 0 Å². The fourth-order valence-electron chi connectivity index (χ4n) is 4.38. The topological polar surface area (TPSA) is 18.5 Å². The van der Waals surface area contributed by atoms with Crippen LogP contribution in [0.3, 0.4) is 0 Å². The van der Waals surface area contributed by atoms with Gasteiger partial charge in [0.1, 0.15) is 6.17 Å². The molecule has 0 radical (unpaired) electrons. The Bertz CT molecular complexity index is 319. The smallest absolute Gasteiger partial charge is 0.160 e. The molecule has 1 aliphatic heterocycles. The van der Waals surface area contributed by atoms with Crippen molar-refractivity contribution in [3.63, 3.8) is 0 Å². The molecule has 2 saturated carbocycles. The van der Waals surface area contributed by atoms with Gasteiger partial charge in [-0.05, 0) is 49.9 Å². The number of ether oxygens (including phenoxy) is 2. The van der Waals surface area contributed by atoms with E-state index in [1.54, 1.807) is 0 Å². The standard InChI is InChI=1S/C18H31FO2/c1-12-3-6-14(7-4-12)16-10-20-18(21-11-16)15-8-5-13(2)17(19)9-15/h12-18H,3-11H2,1-2H3. The maximum absolute atomic E-state index is 13.9. The van der Waals surface area contributed by atoms with Crippen LogP contribution in [0.5, 0.6) is 0 Å². The van der Waals surface area contributed by atoms with E-state index in [1.165, 1.54) is 25.7 Å². The molecule has 0 amide bonds. The van der Waals surface area contributed by atoms with Gasteiger partial charge in [0.25, 0.3) is 0 Å². The van der Waals surface area contributed by atoms with Gasteiger partial charge in [-0.15, -0.1) is 0 Å². The molecule has 2 nitrogen and oxygen atoms in total. The van der Waals surface area contributed by atoms with Crippen LogP contribution in [0.15, 0.2) is 0 Å². The summed E-state index contributed by atoms with van der Waals surface area (Å²) < 4.78 is 25.9. The summed E-state index contributed by atoms with van der Waals surface area (Å²) >= 11 is 0. The number of halogens is 1. The van der Waals surface area contributed by atoms with Gasteiger partial charge >= 0.3 is 0 Å². The first-order valence-electron chi connectivity index (χ1n) is 9.00. The highest BCUT2D eigenvalue weighted by Gasteiger charge is 2.37. The summed E-state index contributed by atoms with van der Waals surface area (Å²) in [6.07, 6.45) is 7.20. The van der Waals surface area contributed by atoms with Gasteiger partial charge in [0.15, 0.2) is 6.29 Å². The highest BCUT2D eigenvalue weighted by atomic mass is 19.1. The third-order valence-corrected chi connectivity index (χ3v) is 6.20. The molecule has 3 rings (SSSR count). The normalized spacial score (nSPS) is 49.0. The van der Waals surface area contributed by atoms with E-state index in [2.05, 4.69) is 6.92 Å². The zero-order valence-electron chi connectivity index (χ0n) is 13.6. The molecule has 1 heterocycles. The first kappa shape index (κ1) is 15.7. The lowest BCUT2D eigenvalue weighted by Gasteiger charge is -2.41. The number of hydrogen-bond donors (Lipinski definition) is 0. The van der Waals surface area contributed by atoms with Crippen LogP contribution in [0.4, 0.5) is 4.39 Å². The van der Waals surface area contributed by atoms with Gasteiger partial charge in [-0.1, -0.05) is 26.7 Å². The van der Waals surface area contributed by atoms with Gasteiger partial charge in [0.05, 0.1) is 13.2 Å². The molecule has 3 heteroatoms. The second kappa shape index (κ2) is 6.95. The van der Waals surface area contributed by atoms with Crippen molar-refractivity contribution in [3.8, 4) is 0 Å². The zero-order chi connectivity index (χ0) is 14.8. The Morgan fingerprint density at radius 2 is 1.38 bits per heavy atom. The Balaban J connectivity index is 1.45. The molecule has 0 spiro atoms. The number of hydrogen-bond acceptors (Lipinski definition) is 2. The fraction of sp³-hybridized carbons (Fsp3) is 1.00. The third-order valence-electron chi connectivity index (χ3n) is 6.20. The average Bonchev–Trinajstić information content (AvgIpc) is 2.51. The van der Waals surface area contributed by atoms with Gasteiger partial charge < -0.3 is 9.47 Å². The molecule has 3 unspecified atom stereocenters. The van der Waals surface area contributed by atoms with Crippen molar-refractivity contribution in [2.45, 2.75) is 71.3 Å². The third kappa shape index (κ3) is 3.79. The van der Waals surface area contributed by atoms with Crippen molar-refractivity contribution in [2.24, 2.45) is 29.6 Å². The van der Waals surface area contributed by atoms with Crippen LogP contribution in [-0.4, -0.2) is 25.7 Å². The highest BCUT2D eigenvalue weighted by molar-refractivity contribution is 4.83. The van der Waals surface area contributed by atoms with Gasteiger partial charge in [0, 0.05) is 11.8 Å². The fourth-order valence-corrected chi connectivity index (χ4v) is 4.38. The van der Waals surface area contributed by atoms with Crippen molar-refractivity contribution in [2.75, 3.05) is 13.2 Å². The maximum Gasteiger partial charge on any atom is 0.160 e. The van der Waals surface area contributed by atoms with Gasteiger partial charge in [0.2, 0.25) is 0 Å². The summed E-state index contributed by atoms with van der Waals surface area (Å²) in [7, 11) is 0. The van der Waals surface area contributed by atoms with Gasteiger partial charge in [-0.3, -0.25) is 0 Å². The summed E-state index contributed by atoms with van der Waals surface area (Å²) in [4.78, 5) is 0. The van der Waals surface area contributed by atoms with Crippen molar-refractivity contribution < 1.29 is 13.9 Å². The van der Waals surface area contributed by atoms with E-state index in [1.807, 2.05) is 6.92 Å². The Morgan fingerprint density at radius 3 is 2.00 bits per heavy atom. The minimum atomic E-state index is -0.673. The summed E-state index contributed by atoms with van der Waals surface area (Å²) in [6.45, 7) is 6.03. The minimum absolute atomic E-state index is 0.144. The SMILES string of the molecule is CC1CCC(C2COC(C3CCC(C)C(F)C3)OC2)CC1. The molecule has 122 valence electrons. The van der Waals surface area contributed by atoms with E-state index in [0.717, 1.165) is 37.9 Å². The predicted molar refractivity (Wildman–Crippen MR) is 81.7 cm³/mol. The van der Waals surface area contributed by atoms with E-state index in [9.17, 15) is 4.39 Å². The highest BCUT2D eigenvalue weighted by Crippen LogP contribution is 2.38. The first-order valence-corrected chi connectivity index (χ1v) is 9.00. The van der Waals surface area contributed by atoms with Crippen LogP contribution < -0.4 is 0 Å². The van der Waals surface area contributed by atoms with Crippen LogP contribution in [0.1, 0.15) is 58.8 Å². The Morgan fingerprint density at radius 1 is 0.762 bits per heavy atom. The lowest BCUT2D eigenvalue weighted by Crippen LogP contribution is -2.42. The maximum atomic E-state index is 13.9. The van der Waals surface area contributed by atoms with Gasteiger partial charge in [-0.25, -0.2) is 4.39 Å². The summed E-state index contributed by atoms with van der Waals surface area (Å²) in [5, 5.41) is 0. The van der Waals surface area contributed by atoms with E-state index in [-0.39, 0.29) is 18.1 Å². The lowest BCUT2D eigenvalue weighted by molar-refractivity contribution is -0.239. The van der Waals surface area contributed by atoms with Crippen molar-refractivity contribution >= 4 is 0 Å². The van der Waals surface area contributed by atoms with Crippen molar-refractivity contribution in [3.05, 3.63) is 0 Å². The molecule has 0 N–H and O–H groups in total. The molecule has 0 aromatic heterocycles. The molecule has 0 aromatic carbocycles. The largest absolute Gasteiger partial charge is 0.352 e. The summed E-state index contributed by atoms with van der Waals surface area (Å²) in [5.74, 6) is 2.72. The molecule has 2 aliphatic carbocycles. The molecule has 1 saturated heterocycles. The predicted octanol–water partition coefficient (Wildman–Crippen LogP) is 4.58. The van der Waals surface area contributed by atoms with Gasteiger partial charge in [-0.2, -0.15) is 0 Å². The lowest BCUT2D eigenvalue weighted by atomic mass is 9.76. The van der Waals surface area contributed by atoms with Crippen molar-refractivity contribution in [1.29, 1.82) is 0 Å². The molecule has 0 aromatic rings. The van der Waals surface area contributed by atoms with E-state index in [0.29, 0.717) is 12.3 Å². The monoisotopic (exact) mass is 298 g/mol. The Labute approximate surface area is 128 Å². The second-order valence-corrected chi connectivity index (χ2v) is 7.88. The Kier molecular flexibility index (Phi) is 5.21. The van der Waals surface area contributed by atoms with Crippen LogP contribution in [0, 0.1) is 29.6 Å². The zero-order valence-corrected chi connectivity index (χ0v) is 13.6. The minimum Gasteiger partial charge on any atom is -0.352 e. The molecule has 3 aliphatic rings. The molecule has 3 atom stereocenters. The molecular formula is C18H31FO2. The van der Waals surface area contributed by atoms with E-state index >= 15 is 0 Å². The van der Waals surface area contributed by atoms with Crippen LogP contribution in [-0.2, 0) is 9.47 Å². The average molecular weight is 298 g/mol. The van der Waals surface area contributed by atoms with Crippen LogP contribution >= 0.6 is 0 Å². The first-order chi connectivity index (χ1) is 10.1. The van der Waals surface area contributed by atoms with Crippen molar-refractivity contribution in [1.82, 2.24) is 0 Å². The molecule has 0 bridgehead atoms. The number of rotatable bonds is 2. The van der Waals surface area contributed by atoms with E-state index < -0.39 is 6.17 Å². The molecule has 3 fully saturated rings. The van der Waals surface area contributed by atoms with Crippen LogP contribution in [0.25, 0.3) is 0 Å². The summed E-state index contributed by atoms with van der Waals surface area (Å²) in [6, 6.07) is 0. The second-order valence-electron chi connectivity index (χ2n) is 7.88. The number of alkyl halides is 1. The molecular weight excluding hydrogens is 267 g/mol. The quantitative estimate of drug-likeness (QED) is 0.743.